The van der Waals surface area contributed by atoms with Crippen LogP contribution in [-0.2, 0) is 5.41 Å². The van der Waals surface area contributed by atoms with E-state index in [2.05, 4.69) is 20.8 Å². The molecule has 0 unspecified atom stereocenters. The van der Waals surface area contributed by atoms with Crippen molar-refractivity contribution in [2.75, 3.05) is 13.1 Å². The van der Waals surface area contributed by atoms with Gasteiger partial charge in [-0.05, 0) is 24.0 Å². The van der Waals surface area contributed by atoms with Crippen molar-refractivity contribution in [1.29, 1.82) is 5.26 Å². The summed E-state index contributed by atoms with van der Waals surface area (Å²) in [6, 6.07) is 9.65. The van der Waals surface area contributed by atoms with Crippen LogP contribution >= 0.6 is 0 Å². The van der Waals surface area contributed by atoms with Gasteiger partial charge in [0.1, 0.15) is 6.54 Å². The molecule has 1 amide bonds. The van der Waals surface area contributed by atoms with Crippen LogP contribution in [-0.4, -0.2) is 23.9 Å². The number of nitriles is 1. The number of rotatable bonds is 3. The van der Waals surface area contributed by atoms with Gasteiger partial charge in [-0.3, -0.25) is 4.79 Å². The molecule has 1 aromatic rings. The molecule has 0 atom stereocenters. The number of hydrogen-bond acceptors (Lipinski definition) is 2. The van der Waals surface area contributed by atoms with Crippen LogP contribution in [0.1, 0.15) is 43.6 Å². The maximum Gasteiger partial charge on any atom is 0.254 e. The molecule has 0 bridgehead atoms. The minimum Gasteiger partial charge on any atom is -0.326 e. The minimum absolute atomic E-state index is 0.0652. The molecule has 18 heavy (non-hydrogen) atoms. The van der Waals surface area contributed by atoms with E-state index < -0.39 is 0 Å². The molecule has 0 aromatic heterocycles. The summed E-state index contributed by atoms with van der Waals surface area (Å²) in [7, 11) is 0. The van der Waals surface area contributed by atoms with Gasteiger partial charge in [-0.15, -0.1) is 0 Å². The zero-order valence-electron chi connectivity index (χ0n) is 11.5. The first-order chi connectivity index (χ1) is 8.41. The van der Waals surface area contributed by atoms with Gasteiger partial charge >= 0.3 is 0 Å². The summed E-state index contributed by atoms with van der Waals surface area (Å²) in [6.07, 6.45) is 0. The van der Waals surface area contributed by atoms with Crippen molar-refractivity contribution < 1.29 is 4.79 Å². The third kappa shape index (κ3) is 3.10. The first kappa shape index (κ1) is 14.2. The van der Waals surface area contributed by atoms with E-state index in [9.17, 15) is 4.79 Å². The monoisotopic (exact) mass is 244 g/mol. The van der Waals surface area contributed by atoms with E-state index in [4.69, 9.17) is 5.26 Å². The molecule has 3 heteroatoms. The van der Waals surface area contributed by atoms with Gasteiger partial charge in [-0.2, -0.15) is 5.26 Å². The molecule has 0 spiro atoms. The second kappa shape index (κ2) is 5.68. The van der Waals surface area contributed by atoms with Crippen molar-refractivity contribution in [2.45, 2.75) is 33.1 Å². The van der Waals surface area contributed by atoms with Crippen molar-refractivity contribution in [2.24, 2.45) is 0 Å². The lowest BCUT2D eigenvalue weighted by Crippen LogP contribution is -2.33. The van der Waals surface area contributed by atoms with Gasteiger partial charge in [-0.25, -0.2) is 0 Å². The largest absolute Gasteiger partial charge is 0.326 e. The Bertz CT molecular complexity index is 466. The Morgan fingerprint density at radius 3 is 2.44 bits per heavy atom. The quantitative estimate of drug-likeness (QED) is 0.767. The van der Waals surface area contributed by atoms with Crippen molar-refractivity contribution >= 4 is 5.91 Å². The molecule has 0 aliphatic heterocycles. The third-order valence-corrected chi connectivity index (χ3v) is 2.90. The molecule has 96 valence electrons. The Labute approximate surface area is 109 Å². The minimum atomic E-state index is -0.0850. The van der Waals surface area contributed by atoms with Gasteiger partial charge in [0.25, 0.3) is 5.91 Å². The molecule has 1 aromatic carbocycles. The van der Waals surface area contributed by atoms with Crippen LogP contribution in [0.25, 0.3) is 0 Å². The Morgan fingerprint density at radius 1 is 1.33 bits per heavy atom. The second-order valence-corrected chi connectivity index (χ2v) is 5.27. The van der Waals surface area contributed by atoms with E-state index >= 15 is 0 Å². The first-order valence-electron chi connectivity index (χ1n) is 6.17. The van der Waals surface area contributed by atoms with Crippen LogP contribution in [0.3, 0.4) is 0 Å². The Hall–Kier alpha value is -1.82. The molecule has 0 aliphatic rings. The zero-order chi connectivity index (χ0) is 13.8. The maximum absolute atomic E-state index is 12.4. The molecule has 0 N–H and O–H groups in total. The van der Waals surface area contributed by atoms with Crippen molar-refractivity contribution in [3.8, 4) is 6.07 Å². The van der Waals surface area contributed by atoms with Crippen molar-refractivity contribution in [3.05, 3.63) is 35.4 Å². The summed E-state index contributed by atoms with van der Waals surface area (Å²) in [5.74, 6) is -0.0652. The number of nitrogens with zero attached hydrogens (tertiary/aromatic N) is 2. The Kier molecular flexibility index (Phi) is 4.49. The molecule has 0 saturated heterocycles. The van der Waals surface area contributed by atoms with Crippen LogP contribution in [0.4, 0.5) is 0 Å². The highest BCUT2D eigenvalue weighted by Crippen LogP contribution is 2.26. The molecule has 1 rings (SSSR count). The molecule has 3 nitrogen and oxygen atoms in total. The van der Waals surface area contributed by atoms with E-state index in [1.807, 2.05) is 37.3 Å². The van der Waals surface area contributed by atoms with Gasteiger partial charge in [0.2, 0.25) is 0 Å². The van der Waals surface area contributed by atoms with E-state index in [0.717, 1.165) is 5.56 Å². The molecule has 0 aliphatic carbocycles. The Balaban J connectivity index is 3.18. The topological polar surface area (TPSA) is 44.1 Å². The summed E-state index contributed by atoms with van der Waals surface area (Å²) in [5, 5.41) is 8.75. The molecular formula is C15H20N2O. The number of carbonyl (C=O) groups excluding carboxylic acids is 1. The number of amides is 1. The number of benzene rings is 1. The lowest BCUT2D eigenvalue weighted by molar-refractivity contribution is 0.0781. The third-order valence-electron chi connectivity index (χ3n) is 2.90. The average Bonchev–Trinajstić information content (AvgIpc) is 2.34. The van der Waals surface area contributed by atoms with Crippen LogP contribution in [0.2, 0.25) is 0 Å². The first-order valence-corrected chi connectivity index (χ1v) is 6.17. The highest BCUT2D eigenvalue weighted by molar-refractivity contribution is 5.96. The molecular weight excluding hydrogens is 224 g/mol. The molecule has 0 radical (unpaired) electrons. The lowest BCUT2D eigenvalue weighted by atomic mass is 9.83. The summed E-state index contributed by atoms with van der Waals surface area (Å²) in [6.45, 7) is 8.81. The number of hydrogen-bond donors (Lipinski definition) is 0. The fraction of sp³-hybridized carbons (Fsp3) is 0.467. The summed E-state index contributed by atoms with van der Waals surface area (Å²) in [5.41, 5.74) is 1.63. The van der Waals surface area contributed by atoms with Gasteiger partial charge in [0, 0.05) is 12.1 Å². The van der Waals surface area contributed by atoms with Crippen LogP contribution in [0.5, 0.6) is 0 Å². The predicted octanol–water partition coefficient (Wildman–Crippen LogP) is 2.97. The standard InChI is InChI=1S/C15H20N2O/c1-5-17(11-10-16)14(18)12-8-6-7-9-13(12)15(2,3)4/h6-9H,5,11H2,1-4H3. The highest BCUT2D eigenvalue weighted by Gasteiger charge is 2.23. The van der Waals surface area contributed by atoms with Crippen LogP contribution in [0, 0.1) is 11.3 Å². The lowest BCUT2D eigenvalue weighted by Gasteiger charge is -2.25. The van der Waals surface area contributed by atoms with Crippen LogP contribution in [0.15, 0.2) is 24.3 Å². The molecule has 0 heterocycles. The smallest absolute Gasteiger partial charge is 0.254 e. The van der Waals surface area contributed by atoms with E-state index in [0.29, 0.717) is 12.1 Å². The average molecular weight is 244 g/mol. The van der Waals surface area contributed by atoms with Gasteiger partial charge < -0.3 is 4.90 Å². The molecule has 0 fully saturated rings. The summed E-state index contributed by atoms with van der Waals surface area (Å²) >= 11 is 0. The molecule has 0 saturated carbocycles. The SMILES string of the molecule is CCN(CC#N)C(=O)c1ccccc1C(C)(C)C. The fourth-order valence-corrected chi connectivity index (χ4v) is 1.91. The maximum atomic E-state index is 12.4. The fourth-order valence-electron chi connectivity index (χ4n) is 1.91. The van der Waals surface area contributed by atoms with E-state index in [1.165, 1.54) is 0 Å². The van der Waals surface area contributed by atoms with Gasteiger partial charge in [-0.1, -0.05) is 39.0 Å². The van der Waals surface area contributed by atoms with Crippen molar-refractivity contribution in [3.63, 3.8) is 0 Å². The summed E-state index contributed by atoms with van der Waals surface area (Å²) in [4.78, 5) is 14.0. The van der Waals surface area contributed by atoms with Gasteiger partial charge in [0.05, 0.1) is 6.07 Å². The van der Waals surface area contributed by atoms with Crippen LogP contribution < -0.4 is 0 Å². The summed E-state index contributed by atoms with van der Waals surface area (Å²) < 4.78 is 0. The zero-order valence-corrected chi connectivity index (χ0v) is 11.5. The number of carbonyl (C=O) groups is 1. The second-order valence-electron chi connectivity index (χ2n) is 5.27. The van der Waals surface area contributed by atoms with E-state index in [-0.39, 0.29) is 17.9 Å². The highest BCUT2D eigenvalue weighted by atomic mass is 16.2. The normalized spacial score (nSPS) is 10.8. The van der Waals surface area contributed by atoms with E-state index in [1.54, 1.807) is 4.90 Å². The van der Waals surface area contributed by atoms with Crippen molar-refractivity contribution in [1.82, 2.24) is 4.90 Å². The Morgan fingerprint density at radius 2 is 1.94 bits per heavy atom. The van der Waals surface area contributed by atoms with Gasteiger partial charge in [0.15, 0.2) is 0 Å². The predicted molar refractivity (Wildman–Crippen MR) is 72.3 cm³/mol.